The molecule has 3 aromatic rings. The molecule has 0 aliphatic carbocycles. The summed E-state index contributed by atoms with van der Waals surface area (Å²) in [5, 5.41) is 1.31. The van der Waals surface area contributed by atoms with E-state index in [1.807, 2.05) is 23.1 Å². The largest absolute Gasteiger partial charge is 0.492 e. The van der Waals surface area contributed by atoms with E-state index in [4.69, 9.17) is 4.74 Å². The van der Waals surface area contributed by atoms with Crippen molar-refractivity contribution < 1.29 is 13.9 Å². The third kappa shape index (κ3) is 4.82. The van der Waals surface area contributed by atoms with Crippen molar-refractivity contribution in [2.45, 2.75) is 38.1 Å². The van der Waals surface area contributed by atoms with E-state index in [1.54, 1.807) is 24.4 Å². The lowest BCUT2D eigenvalue weighted by Gasteiger charge is -2.25. The molecule has 0 spiro atoms. The van der Waals surface area contributed by atoms with Gasteiger partial charge < -0.3 is 14.5 Å². The van der Waals surface area contributed by atoms with Gasteiger partial charge in [0.15, 0.2) is 0 Å². The third-order valence-corrected chi connectivity index (χ3v) is 8.05. The summed E-state index contributed by atoms with van der Waals surface area (Å²) in [4.78, 5) is 31.5. The fourth-order valence-corrected chi connectivity index (χ4v) is 6.00. The van der Waals surface area contributed by atoms with Crippen molar-refractivity contribution >= 4 is 22.4 Å². The molecule has 0 N–H and O–H groups in total. The van der Waals surface area contributed by atoms with E-state index < -0.39 is 0 Å². The first-order valence-electron chi connectivity index (χ1n) is 13.4. The number of pyridine rings is 1. The molecule has 0 radical (unpaired) electrons. The zero-order valence-electron chi connectivity index (χ0n) is 21.1. The highest BCUT2D eigenvalue weighted by molar-refractivity contribution is 5.83. The average molecular weight is 505 g/mol. The molecule has 37 heavy (non-hydrogen) atoms. The Hall–Kier alpha value is -3.39. The highest BCUT2D eigenvalue weighted by atomic mass is 19.1. The van der Waals surface area contributed by atoms with Crippen LogP contribution >= 0.6 is 0 Å². The van der Waals surface area contributed by atoms with Gasteiger partial charge in [0.25, 0.3) is 5.56 Å². The highest BCUT2D eigenvalue weighted by Gasteiger charge is 2.30. The molecule has 6 rings (SSSR count). The van der Waals surface area contributed by atoms with Crippen LogP contribution in [0.15, 0.2) is 53.5 Å². The maximum atomic E-state index is 15.2. The second-order valence-electron chi connectivity index (χ2n) is 10.3. The van der Waals surface area contributed by atoms with E-state index in [1.165, 1.54) is 23.5 Å². The number of nitrogens with zero attached hydrogens (tertiary/aromatic N) is 4. The van der Waals surface area contributed by atoms with Gasteiger partial charge >= 0.3 is 0 Å². The SMILES string of the molecule is O=C1CCCN1CCOc1ccc2c(=O)n(-c3ccc(N4CC[C@@H](N5CCCC5)C4)c(F)c3)ccc2c1. The summed E-state index contributed by atoms with van der Waals surface area (Å²) in [6.45, 7) is 5.78. The van der Waals surface area contributed by atoms with Crippen LogP contribution in [0.5, 0.6) is 5.75 Å². The third-order valence-electron chi connectivity index (χ3n) is 8.05. The number of benzene rings is 2. The molecular formula is C29H33FN4O3. The lowest BCUT2D eigenvalue weighted by Crippen LogP contribution is -2.35. The Kier molecular flexibility index (Phi) is 6.59. The van der Waals surface area contributed by atoms with Gasteiger partial charge in [0.2, 0.25) is 5.91 Å². The second-order valence-corrected chi connectivity index (χ2v) is 10.3. The van der Waals surface area contributed by atoms with Gasteiger partial charge in [-0.15, -0.1) is 0 Å². The Balaban J connectivity index is 1.16. The number of ether oxygens (including phenoxy) is 1. The molecule has 3 saturated heterocycles. The van der Waals surface area contributed by atoms with Crippen LogP contribution in [0.2, 0.25) is 0 Å². The van der Waals surface area contributed by atoms with Crippen molar-refractivity contribution in [3.63, 3.8) is 0 Å². The van der Waals surface area contributed by atoms with Crippen LogP contribution in [0.1, 0.15) is 32.1 Å². The fourth-order valence-electron chi connectivity index (χ4n) is 6.00. The molecule has 3 aliphatic heterocycles. The summed E-state index contributed by atoms with van der Waals surface area (Å²) in [7, 11) is 0. The standard InChI is InChI=1S/C29H33FN4O3/c30-26-19-22(5-8-27(26)33-14-10-23(20-33)31-11-1-2-12-31)34-15-9-21-18-24(6-7-25(21)29(34)36)37-17-16-32-13-3-4-28(32)35/h5-9,15,18-19,23H,1-4,10-14,16-17,20H2/t23-/m1/s1. The first-order chi connectivity index (χ1) is 18.1. The first-order valence-corrected chi connectivity index (χ1v) is 13.4. The molecule has 1 atom stereocenters. The first kappa shape index (κ1) is 24.0. The zero-order valence-corrected chi connectivity index (χ0v) is 21.1. The van der Waals surface area contributed by atoms with Crippen molar-refractivity contribution in [1.29, 1.82) is 0 Å². The Morgan fingerprint density at radius 2 is 1.81 bits per heavy atom. The van der Waals surface area contributed by atoms with Gasteiger partial charge in [0.1, 0.15) is 18.2 Å². The summed E-state index contributed by atoms with van der Waals surface area (Å²) < 4.78 is 22.6. The average Bonchev–Trinajstić information content (AvgIpc) is 3.67. The van der Waals surface area contributed by atoms with Gasteiger partial charge in [-0.05, 0) is 80.6 Å². The van der Waals surface area contributed by atoms with Crippen molar-refractivity contribution in [2.24, 2.45) is 0 Å². The van der Waals surface area contributed by atoms with Crippen LogP contribution in [-0.4, -0.2) is 72.2 Å². The number of likely N-dealkylation sites (tertiary alicyclic amines) is 2. The number of amides is 1. The molecular weight excluding hydrogens is 471 g/mol. The lowest BCUT2D eigenvalue weighted by atomic mass is 10.1. The van der Waals surface area contributed by atoms with Crippen LogP contribution < -0.4 is 15.2 Å². The number of halogens is 1. The quantitative estimate of drug-likeness (QED) is 0.490. The minimum Gasteiger partial charge on any atom is -0.492 e. The highest BCUT2D eigenvalue weighted by Crippen LogP contribution is 2.29. The number of fused-ring (bicyclic) bond motifs is 1. The summed E-state index contributed by atoms with van der Waals surface area (Å²) in [5.74, 6) is 0.537. The lowest BCUT2D eigenvalue weighted by molar-refractivity contribution is -0.128. The van der Waals surface area contributed by atoms with Crippen molar-refractivity contribution in [1.82, 2.24) is 14.4 Å². The number of rotatable bonds is 7. The predicted octanol–water partition coefficient (Wildman–Crippen LogP) is 3.81. The second kappa shape index (κ2) is 10.2. The van der Waals surface area contributed by atoms with Gasteiger partial charge in [0, 0.05) is 49.7 Å². The summed E-state index contributed by atoms with van der Waals surface area (Å²) >= 11 is 0. The Morgan fingerprint density at radius 3 is 2.59 bits per heavy atom. The summed E-state index contributed by atoms with van der Waals surface area (Å²) in [6.07, 6.45) is 6.79. The van der Waals surface area contributed by atoms with E-state index in [0.29, 0.717) is 48.1 Å². The van der Waals surface area contributed by atoms with Gasteiger partial charge in [-0.1, -0.05) is 0 Å². The molecule has 2 aromatic carbocycles. The molecule has 0 unspecified atom stereocenters. The summed E-state index contributed by atoms with van der Waals surface area (Å²) in [6, 6.07) is 12.8. The normalized spacial score (nSPS) is 20.5. The zero-order chi connectivity index (χ0) is 25.4. The van der Waals surface area contributed by atoms with Crippen LogP contribution in [0.25, 0.3) is 16.5 Å². The van der Waals surface area contributed by atoms with Crippen molar-refractivity contribution in [3.8, 4) is 11.4 Å². The number of anilines is 1. The van der Waals surface area contributed by atoms with Gasteiger partial charge in [-0.3, -0.25) is 19.1 Å². The fraction of sp³-hybridized carbons (Fsp3) is 0.448. The number of hydrogen-bond acceptors (Lipinski definition) is 5. The molecule has 3 aliphatic rings. The van der Waals surface area contributed by atoms with Crippen molar-refractivity contribution in [3.05, 3.63) is 64.8 Å². The van der Waals surface area contributed by atoms with Crippen LogP contribution in [0, 0.1) is 5.82 Å². The summed E-state index contributed by atoms with van der Waals surface area (Å²) in [5.41, 5.74) is 0.921. The van der Waals surface area contributed by atoms with E-state index in [9.17, 15) is 9.59 Å². The van der Waals surface area contributed by atoms with Crippen LogP contribution in [0.4, 0.5) is 10.1 Å². The maximum Gasteiger partial charge on any atom is 0.262 e. The molecule has 0 bridgehead atoms. The maximum absolute atomic E-state index is 15.2. The molecule has 194 valence electrons. The van der Waals surface area contributed by atoms with Crippen LogP contribution in [0.3, 0.4) is 0 Å². The molecule has 1 amide bonds. The van der Waals surface area contributed by atoms with E-state index in [0.717, 1.165) is 51.0 Å². The molecule has 7 nitrogen and oxygen atoms in total. The molecule has 8 heteroatoms. The minimum absolute atomic E-state index is 0.179. The number of aromatic nitrogens is 1. The molecule has 3 fully saturated rings. The number of carbonyl (C=O) groups excluding carboxylic acids is 1. The van der Waals surface area contributed by atoms with Crippen molar-refractivity contribution in [2.75, 3.05) is 50.8 Å². The topological polar surface area (TPSA) is 58.0 Å². The van der Waals surface area contributed by atoms with E-state index in [2.05, 4.69) is 9.80 Å². The minimum atomic E-state index is -0.299. The number of hydrogen-bond donors (Lipinski definition) is 0. The number of carbonyl (C=O) groups is 1. The smallest absolute Gasteiger partial charge is 0.262 e. The van der Waals surface area contributed by atoms with E-state index >= 15 is 4.39 Å². The Labute approximate surface area is 216 Å². The van der Waals surface area contributed by atoms with Gasteiger partial charge in [0.05, 0.1) is 17.9 Å². The Bertz CT molecular complexity index is 1370. The Morgan fingerprint density at radius 1 is 0.946 bits per heavy atom. The van der Waals surface area contributed by atoms with Crippen LogP contribution in [-0.2, 0) is 4.79 Å². The molecule has 1 aromatic heterocycles. The molecule has 0 saturated carbocycles. The molecule has 4 heterocycles. The van der Waals surface area contributed by atoms with Gasteiger partial charge in [-0.25, -0.2) is 4.39 Å². The predicted molar refractivity (Wildman–Crippen MR) is 142 cm³/mol. The van der Waals surface area contributed by atoms with E-state index in [-0.39, 0.29) is 17.3 Å². The monoisotopic (exact) mass is 504 g/mol. The van der Waals surface area contributed by atoms with Gasteiger partial charge in [-0.2, -0.15) is 0 Å².